The number of aliphatic hydroxyl groups excluding tert-OH is 1. The van der Waals surface area contributed by atoms with Crippen molar-refractivity contribution < 1.29 is 33.1 Å². The molecule has 3 atom stereocenters. The quantitative estimate of drug-likeness (QED) is 0.343. The first-order valence-corrected chi connectivity index (χ1v) is 12.7. The van der Waals surface area contributed by atoms with Crippen molar-refractivity contribution in [3.8, 4) is 11.1 Å². The number of rotatable bonds is 10. The Labute approximate surface area is 199 Å². The Balaban J connectivity index is 1.66. The molecule has 0 aromatic heterocycles. The van der Waals surface area contributed by atoms with Gasteiger partial charge in [-0.2, -0.15) is 0 Å². The molecular weight excluding hydrogens is 460 g/mol. The summed E-state index contributed by atoms with van der Waals surface area (Å²) in [6.45, 7) is 1.23. The first-order chi connectivity index (χ1) is 16.1. The smallest absolute Gasteiger partial charge is 0.264 e. The summed E-state index contributed by atoms with van der Waals surface area (Å²) >= 11 is 0. The van der Waals surface area contributed by atoms with E-state index < -0.39 is 26.6 Å². The van der Waals surface area contributed by atoms with Crippen molar-refractivity contribution in [3.63, 3.8) is 0 Å². The van der Waals surface area contributed by atoms with Gasteiger partial charge in [0.15, 0.2) is 14.6 Å². The fraction of sp³-hybridized carbons (Fsp3) is 0.417. The summed E-state index contributed by atoms with van der Waals surface area (Å²) in [6, 6.07) is 15.8. The van der Waals surface area contributed by atoms with Crippen LogP contribution in [0.3, 0.4) is 0 Å². The lowest BCUT2D eigenvalue weighted by atomic mass is 9.95. The highest BCUT2D eigenvalue weighted by Gasteiger charge is 2.47. The van der Waals surface area contributed by atoms with E-state index >= 15 is 0 Å². The van der Waals surface area contributed by atoms with Gasteiger partial charge in [0, 0.05) is 32.6 Å². The lowest BCUT2D eigenvalue weighted by Crippen LogP contribution is -2.51. The molecule has 2 aromatic rings. The van der Waals surface area contributed by atoms with E-state index in [1.165, 1.54) is 12.4 Å². The molecule has 9 nitrogen and oxygen atoms in total. The molecule has 1 aliphatic heterocycles. The van der Waals surface area contributed by atoms with E-state index in [-0.39, 0.29) is 19.1 Å². The summed E-state index contributed by atoms with van der Waals surface area (Å²) in [7, 11) is -2.24. The number of hydroxylamine groups is 1. The van der Waals surface area contributed by atoms with E-state index in [4.69, 9.17) is 14.8 Å². The Bertz CT molecular complexity index is 1130. The molecule has 1 amide bonds. The van der Waals surface area contributed by atoms with E-state index in [9.17, 15) is 18.3 Å². The van der Waals surface area contributed by atoms with Crippen molar-refractivity contribution in [2.75, 3.05) is 20.0 Å². The van der Waals surface area contributed by atoms with E-state index in [2.05, 4.69) is 5.16 Å². The number of benzene rings is 2. The number of sulfone groups is 1. The normalized spacial score (nSPS) is 18.5. The molecule has 34 heavy (non-hydrogen) atoms. The number of hydrogen-bond donors (Lipinski definition) is 3. The van der Waals surface area contributed by atoms with Crippen LogP contribution in [0.25, 0.3) is 11.1 Å². The van der Waals surface area contributed by atoms with Gasteiger partial charge in [-0.05, 0) is 29.2 Å². The molecule has 184 valence electrons. The minimum absolute atomic E-state index is 0.0314. The number of amides is 1. The van der Waals surface area contributed by atoms with Gasteiger partial charge >= 0.3 is 0 Å². The number of carbonyl (C=O) groups excluding carboxylic acids is 1. The predicted octanol–water partition coefficient (Wildman–Crippen LogP) is 2.10. The Morgan fingerprint density at radius 2 is 1.74 bits per heavy atom. The van der Waals surface area contributed by atoms with E-state index in [1.807, 2.05) is 48.5 Å². The maximum absolute atomic E-state index is 12.2. The zero-order valence-corrected chi connectivity index (χ0v) is 20.2. The highest BCUT2D eigenvalue weighted by atomic mass is 32.2. The van der Waals surface area contributed by atoms with Crippen LogP contribution in [-0.4, -0.2) is 67.3 Å². The monoisotopic (exact) mass is 490 g/mol. The van der Waals surface area contributed by atoms with Crippen LogP contribution in [0, 0.1) is 0 Å². The molecule has 1 unspecified atom stereocenters. The van der Waals surface area contributed by atoms with Gasteiger partial charge in [0.05, 0.1) is 18.4 Å². The number of nitrogens with zero attached hydrogens (tertiary/aromatic N) is 1. The number of carbonyl (C=O) groups is 1. The second-order valence-electron chi connectivity index (χ2n) is 8.64. The summed E-state index contributed by atoms with van der Waals surface area (Å²) in [5.74, 6) is -1.00. The summed E-state index contributed by atoms with van der Waals surface area (Å²) < 4.78 is 27.8. The Hall–Kier alpha value is -2.79. The van der Waals surface area contributed by atoms with Gasteiger partial charge in [-0.3, -0.25) is 10.0 Å². The molecule has 10 heteroatoms. The Kier molecular flexibility index (Phi) is 8.09. The maximum atomic E-state index is 12.2. The minimum Gasteiger partial charge on any atom is -0.394 e. The molecule has 3 rings (SSSR count). The summed E-state index contributed by atoms with van der Waals surface area (Å²) in [5, 5.41) is 22.4. The van der Waals surface area contributed by atoms with Crippen LogP contribution >= 0.6 is 0 Å². The van der Waals surface area contributed by atoms with Crippen LogP contribution in [0.4, 0.5) is 0 Å². The fourth-order valence-corrected chi connectivity index (χ4v) is 4.72. The Morgan fingerprint density at radius 3 is 2.24 bits per heavy atom. The lowest BCUT2D eigenvalue weighted by molar-refractivity contribution is -0.132. The van der Waals surface area contributed by atoms with E-state index in [1.54, 1.807) is 7.11 Å². The zero-order valence-electron chi connectivity index (χ0n) is 19.4. The number of aliphatic hydroxyl groups is 1. The van der Waals surface area contributed by atoms with Crippen LogP contribution in [0.1, 0.15) is 30.9 Å². The highest BCUT2D eigenvalue weighted by molar-refractivity contribution is 7.92. The molecule has 0 spiro atoms. The number of oxime groups is 1. The van der Waals surface area contributed by atoms with Gasteiger partial charge < -0.3 is 14.7 Å². The van der Waals surface area contributed by atoms with Crippen molar-refractivity contribution in [3.05, 3.63) is 59.7 Å². The molecule has 2 aromatic carbocycles. The van der Waals surface area contributed by atoms with Gasteiger partial charge in [-0.25, -0.2) is 13.9 Å². The predicted molar refractivity (Wildman–Crippen MR) is 127 cm³/mol. The molecule has 1 heterocycles. The van der Waals surface area contributed by atoms with Crippen LogP contribution < -0.4 is 5.48 Å². The second-order valence-corrected chi connectivity index (χ2v) is 11.1. The van der Waals surface area contributed by atoms with Crippen molar-refractivity contribution in [2.24, 2.45) is 5.16 Å². The molecule has 0 bridgehead atoms. The van der Waals surface area contributed by atoms with Crippen LogP contribution in [0.2, 0.25) is 0 Å². The first-order valence-electron chi connectivity index (χ1n) is 10.8. The van der Waals surface area contributed by atoms with Crippen LogP contribution in [0.15, 0.2) is 53.7 Å². The third kappa shape index (κ3) is 5.64. The number of methoxy groups -OCH3 is 1. The van der Waals surface area contributed by atoms with Crippen molar-refractivity contribution in [2.45, 2.75) is 43.1 Å². The maximum Gasteiger partial charge on any atom is 0.264 e. The highest BCUT2D eigenvalue weighted by Crippen LogP contribution is 2.30. The number of hydrogen-bond acceptors (Lipinski definition) is 8. The Morgan fingerprint density at radius 1 is 1.18 bits per heavy atom. The molecule has 0 fully saturated rings. The molecular formula is C24H30N2O7S. The minimum atomic E-state index is -3.82. The summed E-state index contributed by atoms with van der Waals surface area (Å²) in [4.78, 5) is 17.5. The molecule has 0 aliphatic carbocycles. The molecule has 0 saturated heterocycles. The number of ether oxygens (including phenoxy) is 1. The van der Waals surface area contributed by atoms with E-state index in [0.29, 0.717) is 18.6 Å². The molecule has 0 saturated carbocycles. The van der Waals surface area contributed by atoms with Gasteiger partial charge in [0.2, 0.25) is 0 Å². The number of nitrogens with one attached hydrogen (secondary N) is 1. The largest absolute Gasteiger partial charge is 0.394 e. The topological polar surface area (TPSA) is 135 Å². The van der Waals surface area contributed by atoms with Crippen molar-refractivity contribution in [1.82, 2.24) is 5.48 Å². The average Bonchev–Trinajstić information content (AvgIpc) is 3.30. The van der Waals surface area contributed by atoms with Crippen LogP contribution in [0.5, 0.6) is 0 Å². The van der Waals surface area contributed by atoms with E-state index in [0.717, 1.165) is 28.5 Å². The summed E-state index contributed by atoms with van der Waals surface area (Å²) in [5.41, 5.74) is 6.05. The van der Waals surface area contributed by atoms with Gasteiger partial charge in [0.25, 0.3) is 5.91 Å². The van der Waals surface area contributed by atoms with Gasteiger partial charge in [0.1, 0.15) is 6.10 Å². The standard InChI is InChI=1S/C24H30N2O7S/c1-24(23(28)25-29,34(3,30)31)14-20-13-22(26-33-20)19-10-8-18(9-11-19)17-6-4-16(5-7-17)12-21(15-27)32-2/h4-11,20-21,27,29H,12-15H2,1-3H3,(H,25,28)/t20-,21?,24-/m1/s1. The third-order valence-electron chi connectivity index (χ3n) is 6.26. The SMILES string of the molecule is COC(CO)Cc1ccc(-c2ccc(C3=NO[C@@H](C[C@](C)(C(=O)NO)S(C)(=O)=O)C3)cc2)cc1. The first kappa shape index (κ1) is 25.8. The van der Waals surface area contributed by atoms with Crippen molar-refractivity contribution in [1.29, 1.82) is 0 Å². The van der Waals surface area contributed by atoms with Gasteiger partial charge in [-0.1, -0.05) is 53.7 Å². The summed E-state index contributed by atoms with van der Waals surface area (Å²) in [6.07, 6.45) is 0.934. The van der Waals surface area contributed by atoms with Crippen LogP contribution in [-0.2, 0) is 30.6 Å². The fourth-order valence-electron chi connectivity index (χ4n) is 3.85. The zero-order chi connectivity index (χ0) is 24.9. The van der Waals surface area contributed by atoms with Gasteiger partial charge in [-0.15, -0.1) is 0 Å². The van der Waals surface area contributed by atoms with Crippen molar-refractivity contribution >= 4 is 21.5 Å². The molecule has 1 aliphatic rings. The molecule has 0 radical (unpaired) electrons. The molecule has 3 N–H and O–H groups in total. The third-order valence-corrected chi connectivity index (χ3v) is 8.24. The average molecular weight is 491 g/mol. The second kappa shape index (κ2) is 10.6. The lowest BCUT2D eigenvalue weighted by Gasteiger charge is -2.26.